The second-order valence-electron chi connectivity index (χ2n) is 9.34. The number of rotatable bonds is 6. The number of halogens is 1. The third kappa shape index (κ3) is 5.70. The molecular formula is C26H31FN4O2. The summed E-state index contributed by atoms with van der Waals surface area (Å²) in [5.41, 5.74) is 1.59. The van der Waals surface area contributed by atoms with E-state index >= 15 is 0 Å². The number of piperidine rings is 1. The summed E-state index contributed by atoms with van der Waals surface area (Å²) in [5, 5.41) is 15.4. The fraction of sp³-hybridized carbons (Fsp3) is 0.423. The summed E-state index contributed by atoms with van der Waals surface area (Å²) in [5.74, 6) is -1.44. The molecule has 0 aliphatic carbocycles. The van der Waals surface area contributed by atoms with Crippen molar-refractivity contribution in [2.75, 3.05) is 18.4 Å². The molecule has 0 spiro atoms. The predicted octanol–water partition coefficient (Wildman–Crippen LogP) is 4.25. The number of carbonyl (C=O) groups excluding carboxylic acids is 2. The molecule has 7 heteroatoms. The molecule has 2 N–H and O–H groups in total. The number of nitriles is 1. The molecule has 3 rings (SSSR count). The number of aryl methyl sites for hydroxylation is 1. The minimum atomic E-state index is -0.734. The van der Waals surface area contributed by atoms with Crippen LogP contribution in [0.4, 0.5) is 10.1 Å². The maximum Gasteiger partial charge on any atom is 0.254 e. The average Bonchev–Trinajstić information content (AvgIpc) is 2.79. The molecule has 1 aliphatic heterocycles. The first-order chi connectivity index (χ1) is 15.6. The Morgan fingerprint density at radius 3 is 2.45 bits per heavy atom. The highest BCUT2D eigenvalue weighted by Gasteiger charge is 2.36. The molecule has 1 atom stereocenters. The third-order valence-electron chi connectivity index (χ3n) is 6.27. The Bertz CT molecular complexity index is 1070. The maximum absolute atomic E-state index is 14.4. The number of hydrogen-bond acceptors (Lipinski definition) is 4. The van der Waals surface area contributed by atoms with Crippen LogP contribution in [0.25, 0.3) is 0 Å². The van der Waals surface area contributed by atoms with Gasteiger partial charge in [-0.3, -0.25) is 9.59 Å². The number of anilines is 1. The van der Waals surface area contributed by atoms with Gasteiger partial charge in [0.2, 0.25) is 5.91 Å². The largest absolute Gasteiger partial charge is 0.380 e. The highest BCUT2D eigenvalue weighted by Crippen LogP contribution is 2.28. The van der Waals surface area contributed by atoms with Crippen molar-refractivity contribution in [2.45, 2.75) is 52.1 Å². The van der Waals surface area contributed by atoms with Gasteiger partial charge in [0, 0.05) is 24.3 Å². The molecule has 6 nitrogen and oxygen atoms in total. The van der Waals surface area contributed by atoms with E-state index in [1.807, 2.05) is 32.0 Å². The molecular weight excluding hydrogens is 419 g/mol. The number of nitrogens with one attached hydrogen (secondary N) is 2. The standard InChI is InChI=1S/C26H31FN4O2/c1-17(2)23(29-24(32)21-10-5-7-18(3)22(21)27)25(33)31-13-11-26(4,12-14-31)30-20-9-6-8-19(15-20)16-28/h5-10,15,17,23,30H,11-14H2,1-4H3,(H,29,32)/t23-/m1/s1. The van der Waals surface area contributed by atoms with Crippen molar-refractivity contribution in [1.82, 2.24) is 10.2 Å². The van der Waals surface area contributed by atoms with E-state index in [2.05, 4.69) is 23.6 Å². The van der Waals surface area contributed by atoms with Gasteiger partial charge in [-0.05, 0) is 62.4 Å². The van der Waals surface area contributed by atoms with Crippen LogP contribution in [0.15, 0.2) is 42.5 Å². The Kier molecular flexibility index (Phi) is 7.37. The van der Waals surface area contributed by atoms with Gasteiger partial charge in [0.05, 0.1) is 17.2 Å². The van der Waals surface area contributed by atoms with Gasteiger partial charge in [-0.15, -0.1) is 0 Å². The van der Waals surface area contributed by atoms with Crippen LogP contribution in [-0.2, 0) is 4.79 Å². The summed E-state index contributed by atoms with van der Waals surface area (Å²) in [6.07, 6.45) is 1.45. The molecule has 2 aromatic rings. The topological polar surface area (TPSA) is 85.2 Å². The molecule has 2 aromatic carbocycles. The Balaban J connectivity index is 1.65. The van der Waals surface area contributed by atoms with Crippen LogP contribution in [-0.4, -0.2) is 41.4 Å². The van der Waals surface area contributed by atoms with E-state index in [-0.39, 0.29) is 22.9 Å². The zero-order chi connectivity index (χ0) is 24.2. The number of nitrogens with zero attached hydrogens (tertiary/aromatic N) is 2. The summed E-state index contributed by atoms with van der Waals surface area (Å²) in [6, 6.07) is 13.4. The fourth-order valence-electron chi connectivity index (χ4n) is 4.11. The molecule has 174 valence electrons. The average molecular weight is 451 g/mol. The summed E-state index contributed by atoms with van der Waals surface area (Å²) in [6.45, 7) is 8.53. The van der Waals surface area contributed by atoms with E-state index in [0.29, 0.717) is 24.2 Å². The molecule has 0 aromatic heterocycles. The Hall–Kier alpha value is -3.40. The zero-order valence-electron chi connectivity index (χ0n) is 19.6. The first-order valence-corrected chi connectivity index (χ1v) is 11.3. The van der Waals surface area contributed by atoms with Crippen molar-refractivity contribution in [1.29, 1.82) is 5.26 Å². The van der Waals surface area contributed by atoms with Crippen molar-refractivity contribution in [3.63, 3.8) is 0 Å². The number of likely N-dealkylation sites (tertiary alicyclic amines) is 1. The van der Waals surface area contributed by atoms with Crippen LogP contribution in [0.1, 0.15) is 55.1 Å². The summed E-state index contributed by atoms with van der Waals surface area (Å²) in [7, 11) is 0. The summed E-state index contributed by atoms with van der Waals surface area (Å²) in [4.78, 5) is 27.8. The molecule has 1 aliphatic rings. The second-order valence-corrected chi connectivity index (χ2v) is 9.34. The van der Waals surface area contributed by atoms with Gasteiger partial charge in [-0.25, -0.2) is 4.39 Å². The van der Waals surface area contributed by atoms with Gasteiger partial charge in [0.25, 0.3) is 5.91 Å². The van der Waals surface area contributed by atoms with Crippen molar-refractivity contribution < 1.29 is 14.0 Å². The quantitative estimate of drug-likeness (QED) is 0.689. The lowest BCUT2D eigenvalue weighted by molar-refractivity contribution is -0.135. The Labute approximate surface area is 194 Å². The zero-order valence-corrected chi connectivity index (χ0v) is 19.6. The van der Waals surface area contributed by atoms with Gasteiger partial charge in [0.1, 0.15) is 11.9 Å². The van der Waals surface area contributed by atoms with Gasteiger partial charge in [-0.2, -0.15) is 5.26 Å². The highest BCUT2D eigenvalue weighted by atomic mass is 19.1. The summed E-state index contributed by atoms with van der Waals surface area (Å²) < 4.78 is 14.4. The van der Waals surface area contributed by atoms with Crippen LogP contribution < -0.4 is 10.6 Å². The number of hydrogen-bond donors (Lipinski definition) is 2. The van der Waals surface area contributed by atoms with E-state index in [9.17, 15) is 14.0 Å². The van der Waals surface area contributed by atoms with E-state index in [1.54, 1.807) is 30.0 Å². The van der Waals surface area contributed by atoms with Crippen LogP contribution >= 0.6 is 0 Å². The molecule has 0 bridgehead atoms. The molecule has 2 amide bonds. The molecule has 1 saturated heterocycles. The van der Waals surface area contributed by atoms with Crippen molar-refractivity contribution in [3.05, 3.63) is 65.0 Å². The molecule has 0 saturated carbocycles. The number of amides is 2. The van der Waals surface area contributed by atoms with Crippen LogP contribution in [0.5, 0.6) is 0 Å². The van der Waals surface area contributed by atoms with E-state index < -0.39 is 17.8 Å². The van der Waals surface area contributed by atoms with Gasteiger partial charge in [0.15, 0.2) is 0 Å². The molecule has 0 radical (unpaired) electrons. The number of carbonyl (C=O) groups is 2. The molecule has 33 heavy (non-hydrogen) atoms. The normalized spacial score (nSPS) is 16.1. The van der Waals surface area contributed by atoms with Crippen molar-refractivity contribution in [2.24, 2.45) is 5.92 Å². The monoisotopic (exact) mass is 450 g/mol. The first-order valence-electron chi connectivity index (χ1n) is 11.3. The van der Waals surface area contributed by atoms with Gasteiger partial charge >= 0.3 is 0 Å². The minimum absolute atomic E-state index is 0.0523. The molecule has 0 unspecified atom stereocenters. The first kappa shape index (κ1) is 24.2. The lowest BCUT2D eigenvalue weighted by Crippen LogP contribution is -2.56. The van der Waals surface area contributed by atoms with E-state index in [0.717, 1.165) is 18.5 Å². The maximum atomic E-state index is 14.4. The lowest BCUT2D eigenvalue weighted by Gasteiger charge is -2.42. The second kappa shape index (κ2) is 10.0. The van der Waals surface area contributed by atoms with Gasteiger partial charge in [-0.1, -0.05) is 32.0 Å². The van der Waals surface area contributed by atoms with E-state index in [1.165, 1.54) is 6.07 Å². The van der Waals surface area contributed by atoms with Crippen LogP contribution in [0.2, 0.25) is 0 Å². The van der Waals surface area contributed by atoms with Crippen molar-refractivity contribution in [3.8, 4) is 6.07 Å². The van der Waals surface area contributed by atoms with E-state index in [4.69, 9.17) is 5.26 Å². The Morgan fingerprint density at radius 1 is 1.15 bits per heavy atom. The minimum Gasteiger partial charge on any atom is -0.380 e. The predicted molar refractivity (Wildman–Crippen MR) is 126 cm³/mol. The lowest BCUT2D eigenvalue weighted by atomic mass is 9.88. The highest BCUT2D eigenvalue weighted by molar-refractivity contribution is 5.98. The number of benzene rings is 2. The van der Waals surface area contributed by atoms with Gasteiger partial charge < -0.3 is 15.5 Å². The smallest absolute Gasteiger partial charge is 0.254 e. The third-order valence-corrected chi connectivity index (χ3v) is 6.27. The van der Waals surface area contributed by atoms with Crippen molar-refractivity contribution >= 4 is 17.5 Å². The molecule has 1 fully saturated rings. The molecule has 1 heterocycles. The SMILES string of the molecule is Cc1cccc(C(=O)N[C@@H](C(=O)N2CCC(C)(Nc3cccc(C#N)c3)CC2)C(C)C)c1F. The summed E-state index contributed by atoms with van der Waals surface area (Å²) >= 11 is 0. The van der Waals surface area contributed by atoms with Crippen LogP contribution in [0.3, 0.4) is 0 Å². The van der Waals surface area contributed by atoms with Crippen LogP contribution in [0, 0.1) is 30.0 Å². The fourth-order valence-corrected chi connectivity index (χ4v) is 4.11. The Morgan fingerprint density at radius 2 is 1.82 bits per heavy atom.